The Hall–Kier alpha value is -2.67. The largest absolute Gasteiger partial charge is 0.325 e. The van der Waals surface area contributed by atoms with E-state index in [0.29, 0.717) is 16.7 Å². The average Bonchev–Trinajstić information content (AvgIpc) is 3.02. The minimum atomic E-state index is -0.391. The molecule has 2 N–H and O–H groups in total. The average molecular weight is 342 g/mol. The van der Waals surface area contributed by atoms with Gasteiger partial charge in [-0.25, -0.2) is 9.37 Å². The molecule has 0 atom stereocenters. The number of thioether (sulfide) groups is 1. The van der Waals surface area contributed by atoms with Crippen LogP contribution in [0.15, 0.2) is 53.7 Å². The molecule has 0 unspecified atom stereocenters. The molecule has 5 nitrogen and oxygen atoms in total. The second kappa shape index (κ2) is 7.27. The minimum Gasteiger partial charge on any atom is -0.325 e. The number of hydrogen-bond donors (Lipinski definition) is 2. The van der Waals surface area contributed by atoms with Crippen LogP contribution in [0.5, 0.6) is 0 Å². The van der Waals surface area contributed by atoms with Crippen LogP contribution in [0, 0.1) is 12.7 Å². The van der Waals surface area contributed by atoms with Crippen molar-refractivity contribution in [3.8, 4) is 11.4 Å². The van der Waals surface area contributed by atoms with Crippen molar-refractivity contribution in [2.24, 2.45) is 0 Å². The Morgan fingerprint density at radius 1 is 1.25 bits per heavy atom. The molecule has 0 fully saturated rings. The summed E-state index contributed by atoms with van der Waals surface area (Å²) in [4.78, 5) is 16.3. The second-order valence-electron chi connectivity index (χ2n) is 5.18. The Bertz CT molecular complexity index is 865. The van der Waals surface area contributed by atoms with Crippen molar-refractivity contribution in [2.45, 2.75) is 12.1 Å². The van der Waals surface area contributed by atoms with Gasteiger partial charge < -0.3 is 5.32 Å². The topological polar surface area (TPSA) is 70.7 Å². The van der Waals surface area contributed by atoms with E-state index >= 15 is 0 Å². The van der Waals surface area contributed by atoms with Gasteiger partial charge in [-0.15, -0.1) is 5.10 Å². The Morgan fingerprint density at radius 3 is 2.88 bits per heavy atom. The number of amides is 1. The van der Waals surface area contributed by atoms with E-state index in [1.54, 1.807) is 12.1 Å². The van der Waals surface area contributed by atoms with E-state index in [1.165, 1.54) is 23.9 Å². The smallest absolute Gasteiger partial charge is 0.234 e. The summed E-state index contributed by atoms with van der Waals surface area (Å²) in [5.74, 6) is 0.165. The molecule has 0 spiro atoms. The molecule has 0 saturated heterocycles. The van der Waals surface area contributed by atoms with Crippen molar-refractivity contribution >= 4 is 23.4 Å². The maximum Gasteiger partial charge on any atom is 0.234 e. The summed E-state index contributed by atoms with van der Waals surface area (Å²) in [6.07, 6.45) is 0. The zero-order valence-corrected chi connectivity index (χ0v) is 13.7. The fraction of sp³-hybridized carbons (Fsp3) is 0.118. The van der Waals surface area contributed by atoms with Gasteiger partial charge in [-0.1, -0.05) is 41.6 Å². The second-order valence-corrected chi connectivity index (χ2v) is 6.13. The van der Waals surface area contributed by atoms with Crippen molar-refractivity contribution < 1.29 is 9.18 Å². The van der Waals surface area contributed by atoms with E-state index in [4.69, 9.17) is 0 Å². The van der Waals surface area contributed by atoms with Gasteiger partial charge in [0, 0.05) is 11.3 Å². The number of carbonyl (C=O) groups excluding carboxylic acids is 1. The van der Waals surface area contributed by atoms with Crippen molar-refractivity contribution in [2.75, 3.05) is 11.1 Å². The summed E-state index contributed by atoms with van der Waals surface area (Å²) in [5.41, 5.74) is 2.50. The van der Waals surface area contributed by atoms with Gasteiger partial charge >= 0.3 is 0 Å². The van der Waals surface area contributed by atoms with E-state index in [2.05, 4.69) is 20.5 Å². The molecule has 1 aromatic heterocycles. The fourth-order valence-corrected chi connectivity index (χ4v) is 2.72. The van der Waals surface area contributed by atoms with Crippen molar-refractivity contribution in [1.29, 1.82) is 0 Å². The number of nitrogens with one attached hydrogen (secondary N) is 2. The van der Waals surface area contributed by atoms with Crippen LogP contribution >= 0.6 is 11.8 Å². The number of carbonyl (C=O) groups is 1. The highest BCUT2D eigenvalue weighted by atomic mass is 32.2. The van der Waals surface area contributed by atoms with Crippen LogP contribution in [-0.4, -0.2) is 26.8 Å². The SMILES string of the molecule is Cc1cccc(-c2nc(SCC(=O)Nc3cccc(F)c3)n[nH]2)c1. The van der Waals surface area contributed by atoms with Crippen LogP contribution in [0.2, 0.25) is 0 Å². The third kappa shape index (κ3) is 4.20. The van der Waals surface area contributed by atoms with E-state index < -0.39 is 5.82 Å². The number of halogens is 1. The van der Waals surface area contributed by atoms with Crippen LogP contribution in [0.25, 0.3) is 11.4 Å². The van der Waals surface area contributed by atoms with Gasteiger partial charge in [-0.2, -0.15) is 0 Å². The molecule has 0 aliphatic carbocycles. The van der Waals surface area contributed by atoms with Crippen LogP contribution in [0.1, 0.15) is 5.56 Å². The lowest BCUT2D eigenvalue weighted by molar-refractivity contribution is -0.113. The number of anilines is 1. The van der Waals surface area contributed by atoms with E-state index in [1.807, 2.05) is 31.2 Å². The monoisotopic (exact) mass is 342 g/mol. The summed E-state index contributed by atoms with van der Waals surface area (Å²) in [6, 6.07) is 13.7. The zero-order chi connectivity index (χ0) is 16.9. The molecule has 122 valence electrons. The first-order valence-corrected chi connectivity index (χ1v) is 8.26. The molecule has 2 aromatic carbocycles. The maximum atomic E-state index is 13.1. The van der Waals surface area contributed by atoms with Crippen molar-refractivity contribution in [1.82, 2.24) is 15.2 Å². The molecule has 24 heavy (non-hydrogen) atoms. The van der Waals surface area contributed by atoms with Crippen LogP contribution in [0.3, 0.4) is 0 Å². The molecule has 3 aromatic rings. The molecule has 0 aliphatic heterocycles. The molecular formula is C17H15FN4OS. The molecule has 1 amide bonds. The summed E-state index contributed by atoms with van der Waals surface area (Å²) >= 11 is 1.21. The Morgan fingerprint density at radius 2 is 2.08 bits per heavy atom. The van der Waals surface area contributed by atoms with Crippen LogP contribution in [0.4, 0.5) is 10.1 Å². The standard InChI is InChI=1S/C17H15FN4OS/c1-11-4-2-5-12(8-11)16-20-17(22-21-16)24-10-15(23)19-14-7-3-6-13(18)9-14/h2-9H,10H2,1H3,(H,19,23)(H,20,21,22). The van der Waals surface area contributed by atoms with Crippen molar-refractivity contribution in [3.05, 3.63) is 59.9 Å². The van der Waals surface area contributed by atoms with E-state index in [-0.39, 0.29) is 11.7 Å². The number of aromatic nitrogens is 3. The predicted octanol–water partition coefficient (Wildman–Crippen LogP) is 3.65. The van der Waals surface area contributed by atoms with Gasteiger partial charge in [-0.3, -0.25) is 9.89 Å². The molecule has 0 bridgehead atoms. The normalized spacial score (nSPS) is 10.6. The molecule has 0 aliphatic rings. The van der Waals surface area contributed by atoms with Crippen LogP contribution in [-0.2, 0) is 4.79 Å². The molecule has 0 radical (unpaired) electrons. The third-order valence-electron chi connectivity index (χ3n) is 3.20. The minimum absolute atomic E-state index is 0.141. The Labute approximate surface area is 142 Å². The summed E-state index contributed by atoms with van der Waals surface area (Å²) in [5, 5.41) is 10.1. The lowest BCUT2D eigenvalue weighted by atomic mass is 10.1. The first-order chi connectivity index (χ1) is 11.6. The number of nitrogens with zero attached hydrogens (tertiary/aromatic N) is 2. The summed E-state index contributed by atoms with van der Waals surface area (Å²) < 4.78 is 13.1. The third-order valence-corrected chi connectivity index (χ3v) is 4.04. The number of rotatable bonds is 5. The van der Waals surface area contributed by atoms with Crippen molar-refractivity contribution in [3.63, 3.8) is 0 Å². The lowest BCUT2D eigenvalue weighted by Crippen LogP contribution is -2.14. The highest BCUT2D eigenvalue weighted by Crippen LogP contribution is 2.20. The molecule has 1 heterocycles. The zero-order valence-electron chi connectivity index (χ0n) is 12.9. The fourth-order valence-electron chi connectivity index (χ4n) is 2.13. The molecule has 0 saturated carbocycles. The highest BCUT2D eigenvalue weighted by molar-refractivity contribution is 7.99. The number of aryl methyl sites for hydroxylation is 1. The lowest BCUT2D eigenvalue weighted by Gasteiger charge is -2.03. The highest BCUT2D eigenvalue weighted by Gasteiger charge is 2.09. The Balaban J connectivity index is 1.58. The number of benzene rings is 2. The summed E-state index contributed by atoms with van der Waals surface area (Å²) in [7, 11) is 0. The first kappa shape index (κ1) is 16.2. The van der Waals surface area contributed by atoms with Gasteiger partial charge in [0.1, 0.15) is 5.82 Å². The van der Waals surface area contributed by atoms with Gasteiger partial charge in [0.25, 0.3) is 0 Å². The van der Waals surface area contributed by atoms with Gasteiger partial charge in [0.15, 0.2) is 5.82 Å². The van der Waals surface area contributed by atoms with Gasteiger partial charge in [0.2, 0.25) is 11.1 Å². The van der Waals surface area contributed by atoms with E-state index in [9.17, 15) is 9.18 Å². The molecule has 3 rings (SSSR count). The molecular weight excluding hydrogens is 327 g/mol. The van der Waals surface area contributed by atoms with Gasteiger partial charge in [0.05, 0.1) is 5.75 Å². The summed E-state index contributed by atoms with van der Waals surface area (Å²) in [6.45, 7) is 2.01. The molecule has 7 heteroatoms. The quantitative estimate of drug-likeness (QED) is 0.694. The predicted molar refractivity (Wildman–Crippen MR) is 92.3 cm³/mol. The maximum absolute atomic E-state index is 13.1. The number of aromatic amines is 1. The number of hydrogen-bond acceptors (Lipinski definition) is 4. The first-order valence-electron chi connectivity index (χ1n) is 7.28. The van der Waals surface area contributed by atoms with Gasteiger partial charge in [-0.05, 0) is 31.2 Å². The van der Waals surface area contributed by atoms with E-state index in [0.717, 1.165) is 11.1 Å². The van der Waals surface area contributed by atoms with Crippen LogP contribution < -0.4 is 5.32 Å². The number of H-pyrrole nitrogens is 1. The Kier molecular flexibility index (Phi) is 4.90.